The first-order valence-corrected chi connectivity index (χ1v) is 9.59. The topological polar surface area (TPSA) is 61.9 Å². The molecule has 6 nitrogen and oxygen atoms in total. The monoisotopic (exact) mass is 428 g/mol. The predicted octanol–water partition coefficient (Wildman–Crippen LogP) is 5.02. The summed E-state index contributed by atoms with van der Waals surface area (Å²) in [7, 11) is 0. The Morgan fingerprint density at radius 3 is 2.29 bits per heavy atom. The van der Waals surface area contributed by atoms with Crippen LogP contribution in [0.15, 0.2) is 48.8 Å². The van der Waals surface area contributed by atoms with Crippen LogP contribution in [-0.4, -0.2) is 31.9 Å². The third-order valence-electron chi connectivity index (χ3n) is 5.00. The number of hydrogen-bond acceptors (Lipinski definition) is 4. The lowest BCUT2D eigenvalue weighted by Crippen LogP contribution is -2.19. The minimum Gasteiger partial charge on any atom is -0.462 e. The lowest BCUT2D eigenvalue weighted by molar-refractivity contribution is -0.143. The van der Waals surface area contributed by atoms with Gasteiger partial charge in [-0.15, -0.1) is 0 Å². The zero-order chi connectivity index (χ0) is 22.3. The molecule has 0 bridgehead atoms. The van der Waals surface area contributed by atoms with Crippen LogP contribution in [0.25, 0.3) is 22.3 Å². The molecule has 0 aliphatic heterocycles. The van der Waals surface area contributed by atoms with Crippen molar-refractivity contribution in [2.45, 2.75) is 26.9 Å². The van der Waals surface area contributed by atoms with Gasteiger partial charge in [-0.2, -0.15) is 18.3 Å². The van der Waals surface area contributed by atoms with Crippen molar-refractivity contribution in [1.29, 1.82) is 0 Å². The number of carbonyl (C=O) groups is 1. The van der Waals surface area contributed by atoms with Crippen molar-refractivity contribution in [1.82, 2.24) is 19.3 Å². The largest absolute Gasteiger partial charge is 0.462 e. The molecule has 0 saturated heterocycles. The molecule has 0 radical (unpaired) electrons. The maximum absolute atomic E-state index is 13.9. The fraction of sp³-hybridized carbons (Fsp3) is 0.227. The minimum atomic E-state index is -4.83. The van der Waals surface area contributed by atoms with E-state index < -0.39 is 23.4 Å². The third-order valence-corrected chi connectivity index (χ3v) is 5.00. The van der Waals surface area contributed by atoms with Crippen LogP contribution in [0.3, 0.4) is 0 Å². The van der Waals surface area contributed by atoms with Crippen LogP contribution in [0.1, 0.15) is 34.4 Å². The number of benzene rings is 1. The average Bonchev–Trinajstić information content (AvgIpc) is 3.31. The van der Waals surface area contributed by atoms with Gasteiger partial charge in [-0.05, 0) is 32.9 Å². The van der Waals surface area contributed by atoms with Crippen molar-refractivity contribution in [2.24, 2.45) is 0 Å². The van der Waals surface area contributed by atoms with E-state index in [9.17, 15) is 18.0 Å². The van der Waals surface area contributed by atoms with E-state index >= 15 is 0 Å². The smallest absolute Gasteiger partial charge is 0.434 e. The quantitative estimate of drug-likeness (QED) is 0.428. The zero-order valence-electron chi connectivity index (χ0n) is 17.1. The molecule has 1 aromatic carbocycles. The Morgan fingerprint density at radius 2 is 1.68 bits per heavy atom. The van der Waals surface area contributed by atoms with E-state index in [1.807, 2.05) is 30.5 Å². The van der Waals surface area contributed by atoms with Gasteiger partial charge in [0.2, 0.25) is 0 Å². The number of nitrogens with zero attached hydrogens (tertiary/aromatic N) is 4. The highest BCUT2D eigenvalue weighted by Gasteiger charge is 2.41. The van der Waals surface area contributed by atoms with Gasteiger partial charge >= 0.3 is 12.1 Å². The molecule has 9 heteroatoms. The Kier molecular flexibility index (Phi) is 5.04. The number of hydrogen-bond donors (Lipinski definition) is 0. The number of rotatable bonds is 4. The molecule has 4 rings (SSSR count). The van der Waals surface area contributed by atoms with Gasteiger partial charge in [0.1, 0.15) is 11.4 Å². The van der Waals surface area contributed by atoms with E-state index in [0.29, 0.717) is 21.3 Å². The molecule has 0 aliphatic carbocycles. The Bertz CT molecular complexity index is 1270. The highest BCUT2D eigenvalue weighted by atomic mass is 19.4. The van der Waals surface area contributed by atoms with Crippen molar-refractivity contribution in [3.63, 3.8) is 0 Å². The Hall–Kier alpha value is -3.62. The van der Waals surface area contributed by atoms with E-state index in [-0.39, 0.29) is 12.3 Å². The highest BCUT2D eigenvalue weighted by molar-refractivity contribution is 5.95. The van der Waals surface area contributed by atoms with Crippen LogP contribution in [0.5, 0.6) is 0 Å². The van der Waals surface area contributed by atoms with Crippen LogP contribution >= 0.6 is 0 Å². The molecule has 31 heavy (non-hydrogen) atoms. The van der Waals surface area contributed by atoms with Gasteiger partial charge in [0.15, 0.2) is 5.69 Å². The van der Waals surface area contributed by atoms with Crippen LogP contribution in [0.4, 0.5) is 13.2 Å². The van der Waals surface area contributed by atoms with Gasteiger partial charge in [0, 0.05) is 22.2 Å². The summed E-state index contributed by atoms with van der Waals surface area (Å²) in [5, 5.41) is 5.06. The summed E-state index contributed by atoms with van der Waals surface area (Å²) in [5.74, 6) is -0.473. The van der Waals surface area contributed by atoms with Crippen molar-refractivity contribution in [2.75, 3.05) is 6.61 Å². The number of ether oxygens (including phenoxy) is 1. The van der Waals surface area contributed by atoms with Gasteiger partial charge in [0.25, 0.3) is 0 Å². The molecule has 0 saturated carbocycles. The number of pyridine rings is 1. The van der Waals surface area contributed by atoms with Gasteiger partial charge < -0.3 is 9.30 Å². The van der Waals surface area contributed by atoms with E-state index in [2.05, 4.69) is 10.1 Å². The molecule has 0 N–H and O–H groups in total. The molecule has 0 unspecified atom stereocenters. The SMILES string of the molecule is CCOC(=O)c1cnn(-c2cnc(-n3c(C)ccc3C)c3ccccc23)c1C(F)(F)F. The van der Waals surface area contributed by atoms with Crippen molar-refractivity contribution >= 4 is 16.7 Å². The average molecular weight is 428 g/mol. The number of halogens is 3. The van der Waals surface area contributed by atoms with Crippen LogP contribution in [0, 0.1) is 13.8 Å². The Balaban J connectivity index is 1.99. The molecule has 160 valence electrons. The maximum atomic E-state index is 13.9. The van der Waals surface area contributed by atoms with Crippen molar-refractivity contribution < 1.29 is 22.7 Å². The molecule has 0 spiro atoms. The van der Waals surface area contributed by atoms with Gasteiger partial charge in [-0.3, -0.25) is 0 Å². The molecule has 3 aromatic heterocycles. The molecule has 3 heterocycles. The van der Waals surface area contributed by atoms with E-state index in [1.165, 1.54) is 13.1 Å². The molecule has 0 aliphatic rings. The predicted molar refractivity (Wildman–Crippen MR) is 109 cm³/mol. The number of carbonyl (C=O) groups excluding carboxylic acids is 1. The van der Waals surface area contributed by atoms with Crippen LogP contribution in [0.2, 0.25) is 0 Å². The van der Waals surface area contributed by atoms with E-state index in [1.54, 1.807) is 24.3 Å². The van der Waals surface area contributed by atoms with Gasteiger partial charge in [-0.25, -0.2) is 14.5 Å². The second kappa shape index (κ2) is 7.57. The summed E-state index contributed by atoms with van der Waals surface area (Å²) in [6.07, 6.45) is -2.61. The lowest BCUT2D eigenvalue weighted by Gasteiger charge is -2.16. The Labute approximate surface area is 175 Å². The summed E-state index contributed by atoms with van der Waals surface area (Å²) >= 11 is 0. The summed E-state index contributed by atoms with van der Waals surface area (Å²) in [4.78, 5) is 16.6. The van der Waals surface area contributed by atoms with Gasteiger partial charge in [0.05, 0.1) is 24.7 Å². The summed E-state index contributed by atoms with van der Waals surface area (Å²) < 4.78 is 49.3. The van der Waals surface area contributed by atoms with Crippen molar-refractivity contribution in [3.8, 4) is 11.5 Å². The number of alkyl halides is 3. The Morgan fingerprint density at radius 1 is 1.03 bits per heavy atom. The normalized spacial score (nSPS) is 11.8. The standard InChI is InChI=1S/C22H19F3N4O2/c1-4-31-21(30)17-11-27-29(19(17)22(23,24)25)18-12-26-20(16-8-6-5-7-15(16)18)28-13(2)9-10-14(28)3/h5-12H,4H2,1-3H3. The lowest BCUT2D eigenvalue weighted by atomic mass is 10.1. The molecule has 0 amide bonds. The fourth-order valence-electron chi connectivity index (χ4n) is 3.67. The first-order valence-electron chi connectivity index (χ1n) is 9.59. The molecule has 4 aromatic rings. The number of aryl methyl sites for hydroxylation is 2. The number of aromatic nitrogens is 4. The summed E-state index contributed by atoms with van der Waals surface area (Å²) in [5.41, 5.74) is 0.174. The van der Waals surface area contributed by atoms with Crippen LogP contribution in [-0.2, 0) is 10.9 Å². The highest BCUT2D eigenvalue weighted by Crippen LogP contribution is 2.36. The third kappa shape index (κ3) is 3.45. The molecular formula is C22H19F3N4O2. The fourth-order valence-corrected chi connectivity index (χ4v) is 3.67. The zero-order valence-corrected chi connectivity index (χ0v) is 17.1. The molecule has 0 fully saturated rings. The van der Waals surface area contributed by atoms with Crippen molar-refractivity contribution in [3.05, 3.63) is 71.4 Å². The number of fused-ring (bicyclic) bond motifs is 1. The second-order valence-electron chi connectivity index (χ2n) is 7.00. The van der Waals surface area contributed by atoms with E-state index in [4.69, 9.17) is 4.74 Å². The number of esters is 1. The van der Waals surface area contributed by atoms with Gasteiger partial charge in [-0.1, -0.05) is 24.3 Å². The summed E-state index contributed by atoms with van der Waals surface area (Å²) in [6, 6.07) is 10.9. The summed E-state index contributed by atoms with van der Waals surface area (Å²) in [6.45, 7) is 5.34. The van der Waals surface area contributed by atoms with E-state index in [0.717, 1.165) is 17.6 Å². The molecular weight excluding hydrogens is 409 g/mol. The first kappa shape index (κ1) is 20.6. The van der Waals surface area contributed by atoms with Crippen LogP contribution < -0.4 is 0 Å². The maximum Gasteiger partial charge on any atom is 0.434 e. The first-order chi connectivity index (χ1) is 14.7. The molecule has 0 atom stereocenters. The minimum absolute atomic E-state index is 0.0456. The second-order valence-corrected chi connectivity index (χ2v) is 7.00.